The molecule has 0 radical (unpaired) electrons. The molecule has 3 aromatic rings. The van der Waals surface area contributed by atoms with Crippen molar-refractivity contribution in [2.45, 2.75) is 13.7 Å². The molecule has 0 spiro atoms. The van der Waals surface area contributed by atoms with E-state index in [9.17, 15) is 9.18 Å². The molecular formula is C18H15ClFN3O2. The van der Waals surface area contributed by atoms with Gasteiger partial charge in [-0.3, -0.25) is 4.79 Å². The third-order valence-electron chi connectivity index (χ3n) is 3.57. The number of hydrogen-bond acceptors (Lipinski definition) is 3. The third kappa shape index (κ3) is 4.16. The van der Waals surface area contributed by atoms with Crippen LogP contribution in [0.15, 0.2) is 54.7 Å². The Morgan fingerprint density at radius 2 is 2.00 bits per heavy atom. The van der Waals surface area contributed by atoms with Gasteiger partial charge in [0.2, 0.25) is 0 Å². The predicted molar refractivity (Wildman–Crippen MR) is 93.4 cm³/mol. The Balaban J connectivity index is 1.63. The quantitative estimate of drug-likeness (QED) is 0.740. The average Bonchev–Trinajstić information content (AvgIpc) is 3.08. The van der Waals surface area contributed by atoms with Crippen LogP contribution in [0.2, 0.25) is 5.02 Å². The Kier molecular flexibility index (Phi) is 5.00. The van der Waals surface area contributed by atoms with Crippen LogP contribution in [0.1, 0.15) is 16.1 Å². The maximum atomic E-state index is 12.8. The number of carbonyl (C=O) groups excluding carboxylic acids is 1. The molecule has 7 heteroatoms. The number of anilines is 1. The highest BCUT2D eigenvalue weighted by molar-refractivity contribution is 6.31. The number of halogens is 2. The van der Waals surface area contributed by atoms with Gasteiger partial charge in [0, 0.05) is 16.9 Å². The number of amides is 1. The molecule has 0 aliphatic rings. The zero-order chi connectivity index (χ0) is 17.8. The third-order valence-corrected chi connectivity index (χ3v) is 3.98. The van der Waals surface area contributed by atoms with Gasteiger partial charge in [0.1, 0.15) is 11.6 Å². The molecule has 0 saturated carbocycles. The standard InChI is InChI=1S/C18H15ClFN3O2/c1-12-15(19)3-2-4-16(12)21-18(24)17-9-10-23(22-17)11-25-14-7-5-13(20)6-8-14/h2-10H,11H2,1H3,(H,21,24). The van der Waals surface area contributed by atoms with Crippen molar-refractivity contribution < 1.29 is 13.9 Å². The number of nitrogens with zero attached hydrogens (tertiary/aromatic N) is 2. The van der Waals surface area contributed by atoms with Gasteiger partial charge < -0.3 is 10.1 Å². The minimum atomic E-state index is -0.342. The summed E-state index contributed by atoms with van der Waals surface area (Å²) in [5.41, 5.74) is 1.67. The summed E-state index contributed by atoms with van der Waals surface area (Å²) in [6, 6.07) is 12.5. The summed E-state index contributed by atoms with van der Waals surface area (Å²) < 4.78 is 19.8. The van der Waals surface area contributed by atoms with Crippen LogP contribution in [-0.2, 0) is 6.73 Å². The molecule has 2 aromatic carbocycles. The first kappa shape index (κ1) is 17.0. The van der Waals surface area contributed by atoms with Crippen molar-refractivity contribution >= 4 is 23.2 Å². The topological polar surface area (TPSA) is 56.2 Å². The fourth-order valence-corrected chi connectivity index (χ4v) is 2.33. The van der Waals surface area contributed by atoms with Gasteiger partial charge in [-0.2, -0.15) is 5.10 Å². The van der Waals surface area contributed by atoms with E-state index in [1.807, 2.05) is 6.92 Å². The second-order valence-corrected chi connectivity index (χ2v) is 5.74. The molecule has 25 heavy (non-hydrogen) atoms. The minimum absolute atomic E-state index is 0.106. The van der Waals surface area contributed by atoms with Crippen LogP contribution in [-0.4, -0.2) is 15.7 Å². The van der Waals surface area contributed by atoms with Gasteiger partial charge in [-0.25, -0.2) is 9.07 Å². The van der Waals surface area contributed by atoms with Crippen LogP contribution in [0, 0.1) is 12.7 Å². The molecule has 1 amide bonds. The van der Waals surface area contributed by atoms with Gasteiger partial charge in [-0.05, 0) is 55.0 Å². The summed E-state index contributed by atoms with van der Waals surface area (Å²) in [7, 11) is 0. The lowest BCUT2D eigenvalue weighted by atomic mass is 10.2. The first-order valence-corrected chi connectivity index (χ1v) is 7.89. The largest absolute Gasteiger partial charge is 0.471 e. The van der Waals surface area contributed by atoms with E-state index in [2.05, 4.69) is 10.4 Å². The Hall–Kier alpha value is -2.86. The lowest BCUT2D eigenvalue weighted by Crippen LogP contribution is -2.15. The van der Waals surface area contributed by atoms with Gasteiger partial charge in [0.05, 0.1) is 0 Å². The van der Waals surface area contributed by atoms with E-state index in [0.29, 0.717) is 16.5 Å². The molecule has 0 atom stereocenters. The van der Waals surface area contributed by atoms with Crippen LogP contribution in [0.3, 0.4) is 0 Å². The SMILES string of the molecule is Cc1c(Cl)cccc1NC(=O)c1ccn(COc2ccc(F)cc2)n1. The van der Waals surface area contributed by atoms with E-state index in [4.69, 9.17) is 16.3 Å². The number of nitrogens with one attached hydrogen (secondary N) is 1. The van der Waals surface area contributed by atoms with E-state index in [1.165, 1.54) is 28.9 Å². The maximum Gasteiger partial charge on any atom is 0.276 e. The zero-order valence-electron chi connectivity index (χ0n) is 13.4. The molecule has 0 bridgehead atoms. The number of ether oxygens (including phenoxy) is 1. The van der Waals surface area contributed by atoms with Crippen molar-refractivity contribution in [2.75, 3.05) is 5.32 Å². The van der Waals surface area contributed by atoms with Gasteiger partial charge in [0.25, 0.3) is 5.91 Å². The van der Waals surface area contributed by atoms with E-state index in [0.717, 1.165) is 5.56 Å². The molecule has 1 N–H and O–H groups in total. The van der Waals surface area contributed by atoms with Crippen LogP contribution in [0.25, 0.3) is 0 Å². The number of aromatic nitrogens is 2. The maximum absolute atomic E-state index is 12.8. The van der Waals surface area contributed by atoms with Crippen LogP contribution in [0.5, 0.6) is 5.75 Å². The average molecular weight is 360 g/mol. The number of rotatable bonds is 5. The normalized spacial score (nSPS) is 10.5. The Bertz CT molecular complexity index is 894. The Morgan fingerprint density at radius 1 is 1.24 bits per heavy atom. The minimum Gasteiger partial charge on any atom is -0.471 e. The van der Waals surface area contributed by atoms with Crippen molar-refractivity contribution in [3.63, 3.8) is 0 Å². The monoisotopic (exact) mass is 359 g/mol. The highest BCUT2D eigenvalue weighted by atomic mass is 35.5. The molecule has 0 fully saturated rings. The van der Waals surface area contributed by atoms with Crippen LogP contribution in [0.4, 0.5) is 10.1 Å². The van der Waals surface area contributed by atoms with Crippen molar-refractivity contribution in [2.24, 2.45) is 0 Å². The number of carbonyl (C=O) groups is 1. The summed E-state index contributed by atoms with van der Waals surface area (Å²) in [6.07, 6.45) is 1.63. The van der Waals surface area contributed by atoms with E-state index in [1.54, 1.807) is 30.5 Å². The first-order valence-electron chi connectivity index (χ1n) is 7.51. The van der Waals surface area contributed by atoms with E-state index < -0.39 is 0 Å². The van der Waals surface area contributed by atoms with Gasteiger partial charge in [-0.1, -0.05) is 17.7 Å². The fraction of sp³-hybridized carbons (Fsp3) is 0.111. The molecule has 5 nitrogen and oxygen atoms in total. The van der Waals surface area contributed by atoms with Gasteiger partial charge in [0.15, 0.2) is 12.4 Å². The summed E-state index contributed by atoms with van der Waals surface area (Å²) in [6.45, 7) is 1.93. The first-order chi connectivity index (χ1) is 12.0. The molecule has 0 saturated heterocycles. The molecule has 3 rings (SSSR count). The molecular weight excluding hydrogens is 345 g/mol. The smallest absolute Gasteiger partial charge is 0.276 e. The molecule has 1 aromatic heterocycles. The van der Waals surface area contributed by atoms with Crippen molar-refractivity contribution in [1.82, 2.24) is 9.78 Å². The van der Waals surface area contributed by atoms with Crippen molar-refractivity contribution in [3.8, 4) is 5.75 Å². The lowest BCUT2D eigenvalue weighted by Gasteiger charge is -2.08. The fourth-order valence-electron chi connectivity index (χ4n) is 2.16. The van der Waals surface area contributed by atoms with Crippen LogP contribution < -0.4 is 10.1 Å². The second-order valence-electron chi connectivity index (χ2n) is 5.33. The highest BCUT2D eigenvalue weighted by Crippen LogP contribution is 2.23. The molecule has 0 unspecified atom stereocenters. The van der Waals surface area contributed by atoms with Crippen molar-refractivity contribution in [3.05, 3.63) is 76.8 Å². The molecule has 1 heterocycles. The molecule has 0 aliphatic carbocycles. The summed E-state index contributed by atoms with van der Waals surface area (Å²) in [4.78, 5) is 12.3. The summed E-state index contributed by atoms with van der Waals surface area (Å²) >= 11 is 6.05. The summed E-state index contributed by atoms with van der Waals surface area (Å²) in [5.74, 6) is -0.162. The van der Waals surface area contributed by atoms with Gasteiger partial charge >= 0.3 is 0 Å². The Morgan fingerprint density at radius 3 is 2.76 bits per heavy atom. The van der Waals surface area contributed by atoms with Crippen molar-refractivity contribution in [1.29, 1.82) is 0 Å². The second kappa shape index (κ2) is 7.36. The predicted octanol–water partition coefficient (Wildman–Crippen LogP) is 4.27. The Labute approximate surface area is 149 Å². The molecule has 128 valence electrons. The van der Waals surface area contributed by atoms with Crippen LogP contribution >= 0.6 is 11.6 Å². The highest BCUT2D eigenvalue weighted by Gasteiger charge is 2.12. The number of hydrogen-bond donors (Lipinski definition) is 1. The van der Waals surface area contributed by atoms with E-state index >= 15 is 0 Å². The van der Waals surface area contributed by atoms with E-state index in [-0.39, 0.29) is 24.1 Å². The molecule has 0 aliphatic heterocycles. The zero-order valence-corrected chi connectivity index (χ0v) is 14.1. The lowest BCUT2D eigenvalue weighted by molar-refractivity contribution is 0.102. The summed E-state index contributed by atoms with van der Waals surface area (Å²) in [5, 5.41) is 7.52. The van der Waals surface area contributed by atoms with Gasteiger partial charge in [-0.15, -0.1) is 0 Å². The number of benzene rings is 2.